The van der Waals surface area contributed by atoms with Gasteiger partial charge in [0.2, 0.25) is 0 Å². The number of carbonyl (C=O) groups excluding carboxylic acids is 1. The summed E-state index contributed by atoms with van der Waals surface area (Å²) in [6.45, 7) is 3.39. The van der Waals surface area contributed by atoms with Gasteiger partial charge >= 0.3 is 6.03 Å². The molecule has 1 aliphatic carbocycles. The number of aryl methyl sites for hydroxylation is 1. The lowest BCUT2D eigenvalue weighted by Gasteiger charge is -2.22. The molecule has 0 saturated heterocycles. The number of ether oxygens (including phenoxy) is 1. The van der Waals surface area contributed by atoms with Crippen molar-refractivity contribution >= 4 is 6.03 Å². The molecule has 0 bridgehead atoms. The second kappa shape index (κ2) is 9.34. The van der Waals surface area contributed by atoms with Crippen LogP contribution in [0.3, 0.4) is 0 Å². The number of hydrogen-bond donors (Lipinski definition) is 2. The van der Waals surface area contributed by atoms with Crippen molar-refractivity contribution in [1.82, 2.24) is 10.6 Å². The Balaban J connectivity index is 1.58. The van der Waals surface area contributed by atoms with Crippen molar-refractivity contribution in [2.45, 2.75) is 57.9 Å². The summed E-state index contributed by atoms with van der Waals surface area (Å²) in [5, 5.41) is 6.03. The molecule has 2 rings (SSSR count). The first-order valence-corrected chi connectivity index (χ1v) is 8.54. The second-order valence-corrected chi connectivity index (χ2v) is 5.92. The highest BCUT2D eigenvalue weighted by Crippen LogP contribution is 2.17. The smallest absolute Gasteiger partial charge is 0.315 e. The Morgan fingerprint density at radius 3 is 2.59 bits per heavy atom. The number of benzene rings is 1. The highest BCUT2D eigenvalue weighted by molar-refractivity contribution is 5.74. The van der Waals surface area contributed by atoms with Crippen molar-refractivity contribution in [2.24, 2.45) is 0 Å². The zero-order valence-corrected chi connectivity index (χ0v) is 13.6. The van der Waals surface area contributed by atoms with Gasteiger partial charge in [-0.05, 0) is 50.3 Å². The van der Waals surface area contributed by atoms with Crippen molar-refractivity contribution in [2.75, 3.05) is 13.2 Å². The maximum absolute atomic E-state index is 11.8. The van der Waals surface area contributed by atoms with E-state index < -0.39 is 0 Å². The quantitative estimate of drug-likeness (QED) is 0.755. The molecule has 0 aromatic heterocycles. The predicted octanol–water partition coefficient (Wildman–Crippen LogP) is 3.65. The molecule has 122 valence electrons. The predicted molar refractivity (Wildman–Crippen MR) is 89.3 cm³/mol. The van der Waals surface area contributed by atoms with E-state index in [9.17, 15) is 4.79 Å². The summed E-state index contributed by atoms with van der Waals surface area (Å²) >= 11 is 0. The van der Waals surface area contributed by atoms with E-state index in [-0.39, 0.29) is 6.03 Å². The van der Waals surface area contributed by atoms with Crippen LogP contribution in [-0.4, -0.2) is 25.2 Å². The molecule has 2 amide bonds. The maximum Gasteiger partial charge on any atom is 0.315 e. The zero-order valence-electron chi connectivity index (χ0n) is 13.6. The van der Waals surface area contributed by atoms with E-state index in [1.165, 1.54) is 24.8 Å². The molecule has 1 saturated carbocycles. The molecule has 1 aliphatic rings. The van der Waals surface area contributed by atoms with Crippen LogP contribution in [0, 0.1) is 0 Å². The minimum absolute atomic E-state index is 0.0152. The lowest BCUT2D eigenvalue weighted by atomic mass is 9.96. The molecular formula is C18H28N2O2. The molecule has 4 nitrogen and oxygen atoms in total. The lowest BCUT2D eigenvalue weighted by Crippen LogP contribution is -2.43. The number of hydrogen-bond acceptors (Lipinski definition) is 2. The highest BCUT2D eigenvalue weighted by atomic mass is 16.5. The molecule has 22 heavy (non-hydrogen) atoms. The fraction of sp³-hybridized carbons (Fsp3) is 0.611. The Labute approximate surface area is 133 Å². The van der Waals surface area contributed by atoms with E-state index in [1.54, 1.807) is 0 Å². The Kier molecular flexibility index (Phi) is 7.07. The van der Waals surface area contributed by atoms with Crippen molar-refractivity contribution in [3.63, 3.8) is 0 Å². The van der Waals surface area contributed by atoms with Gasteiger partial charge in [-0.15, -0.1) is 0 Å². The molecule has 1 aromatic carbocycles. The van der Waals surface area contributed by atoms with Gasteiger partial charge in [-0.1, -0.05) is 31.4 Å². The van der Waals surface area contributed by atoms with E-state index >= 15 is 0 Å². The summed E-state index contributed by atoms with van der Waals surface area (Å²) in [6, 6.07) is 8.54. The Hall–Kier alpha value is -1.71. The molecule has 2 N–H and O–H groups in total. The molecule has 1 fully saturated rings. The molecule has 0 aliphatic heterocycles. The third-order valence-corrected chi connectivity index (χ3v) is 4.10. The van der Waals surface area contributed by atoms with Gasteiger partial charge in [0.1, 0.15) is 5.75 Å². The van der Waals surface area contributed by atoms with Gasteiger partial charge in [0, 0.05) is 12.6 Å². The van der Waals surface area contributed by atoms with Crippen LogP contribution >= 0.6 is 0 Å². The lowest BCUT2D eigenvalue weighted by molar-refractivity contribution is 0.232. The van der Waals surface area contributed by atoms with E-state index in [2.05, 4.69) is 22.8 Å². The van der Waals surface area contributed by atoms with E-state index in [0.717, 1.165) is 31.4 Å². The van der Waals surface area contributed by atoms with Crippen LogP contribution in [0.1, 0.15) is 51.0 Å². The van der Waals surface area contributed by atoms with Crippen molar-refractivity contribution in [3.05, 3.63) is 29.8 Å². The zero-order chi connectivity index (χ0) is 15.6. The average molecular weight is 304 g/mol. The SMILES string of the molecule is CCOc1ccc(CCCNC(=O)NC2CCCCC2)cc1. The summed E-state index contributed by atoms with van der Waals surface area (Å²) in [7, 11) is 0. The van der Waals surface area contributed by atoms with Crippen LogP contribution in [-0.2, 0) is 6.42 Å². The first kappa shape index (κ1) is 16.7. The molecule has 0 spiro atoms. The summed E-state index contributed by atoms with van der Waals surface area (Å²) in [4.78, 5) is 11.8. The fourth-order valence-electron chi connectivity index (χ4n) is 2.90. The maximum atomic E-state index is 11.8. The number of amides is 2. The van der Waals surface area contributed by atoms with Crippen LogP contribution in [0.15, 0.2) is 24.3 Å². The van der Waals surface area contributed by atoms with E-state index in [0.29, 0.717) is 19.2 Å². The van der Waals surface area contributed by atoms with Crippen molar-refractivity contribution in [3.8, 4) is 5.75 Å². The summed E-state index contributed by atoms with van der Waals surface area (Å²) in [5.74, 6) is 0.913. The minimum atomic E-state index is -0.0152. The van der Waals surface area contributed by atoms with Gasteiger partial charge in [-0.25, -0.2) is 4.79 Å². The van der Waals surface area contributed by atoms with Crippen molar-refractivity contribution in [1.29, 1.82) is 0 Å². The Morgan fingerprint density at radius 1 is 1.18 bits per heavy atom. The van der Waals surface area contributed by atoms with Crippen molar-refractivity contribution < 1.29 is 9.53 Å². The number of carbonyl (C=O) groups is 1. The van der Waals surface area contributed by atoms with Crippen LogP contribution in [0.25, 0.3) is 0 Å². The van der Waals surface area contributed by atoms with Gasteiger partial charge in [-0.3, -0.25) is 0 Å². The topological polar surface area (TPSA) is 50.4 Å². The van der Waals surface area contributed by atoms with Crippen LogP contribution < -0.4 is 15.4 Å². The first-order chi connectivity index (χ1) is 10.8. The number of urea groups is 1. The standard InChI is InChI=1S/C18H28N2O2/c1-2-22-17-12-10-15(11-13-17)7-6-14-19-18(21)20-16-8-4-3-5-9-16/h10-13,16H,2-9,14H2,1H3,(H2,19,20,21). The average Bonchev–Trinajstić information content (AvgIpc) is 2.54. The third-order valence-electron chi connectivity index (χ3n) is 4.10. The first-order valence-electron chi connectivity index (χ1n) is 8.54. The number of nitrogens with one attached hydrogen (secondary N) is 2. The monoisotopic (exact) mass is 304 g/mol. The molecule has 4 heteroatoms. The summed E-state index contributed by atoms with van der Waals surface area (Å²) in [6.07, 6.45) is 7.95. The molecular weight excluding hydrogens is 276 g/mol. The largest absolute Gasteiger partial charge is 0.494 e. The number of rotatable bonds is 7. The summed E-state index contributed by atoms with van der Waals surface area (Å²) in [5.41, 5.74) is 1.28. The Bertz CT molecular complexity index is 439. The van der Waals surface area contributed by atoms with Gasteiger partial charge < -0.3 is 15.4 Å². The summed E-state index contributed by atoms with van der Waals surface area (Å²) < 4.78 is 5.42. The second-order valence-electron chi connectivity index (χ2n) is 5.92. The highest BCUT2D eigenvalue weighted by Gasteiger charge is 2.14. The van der Waals surface area contributed by atoms with Gasteiger partial charge in [0.25, 0.3) is 0 Å². The van der Waals surface area contributed by atoms with Gasteiger partial charge in [0.15, 0.2) is 0 Å². The Morgan fingerprint density at radius 2 is 1.91 bits per heavy atom. The molecule has 0 radical (unpaired) electrons. The van der Waals surface area contributed by atoms with Crippen LogP contribution in [0.2, 0.25) is 0 Å². The van der Waals surface area contributed by atoms with E-state index in [1.807, 2.05) is 19.1 Å². The molecule has 0 atom stereocenters. The van der Waals surface area contributed by atoms with Crippen LogP contribution in [0.5, 0.6) is 5.75 Å². The minimum Gasteiger partial charge on any atom is -0.494 e. The molecule has 1 aromatic rings. The van der Waals surface area contributed by atoms with Gasteiger partial charge in [0.05, 0.1) is 6.61 Å². The van der Waals surface area contributed by atoms with Crippen LogP contribution in [0.4, 0.5) is 4.79 Å². The van der Waals surface area contributed by atoms with Gasteiger partial charge in [-0.2, -0.15) is 0 Å². The van der Waals surface area contributed by atoms with E-state index in [4.69, 9.17) is 4.74 Å². The normalized spacial score (nSPS) is 15.3. The molecule has 0 heterocycles. The fourth-order valence-corrected chi connectivity index (χ4v) is 2.90. The molecule has 0 unspecified atom stereocenters. The third kappa shape index (κ3) is 5.96.